The molecule has 1 nitrogen and oxygen atoms in total. The molecule has 1 aromatic carbocycles. The summed E-state index contributed by atoms with van der Waals surface area (Å²) < 4.78 is 5.58. The third kappa shape index (κ3) is 1.34. The first kappa shape index (κ1) is 8.97. The Hall–Kier alpha value is -0.603. The van der Waals surface area contributed by atoms with Crippen molar-refractivity contribution in [2.24, 2.45) is 0 Å². The third-order valence-electron chi connectivity index (χ3n) is 3.39. The molecule has 1 atom stereocenters. The SMILES string of the molecule is C[C@]1([Si](C)(C)c2ccccc2)CO1. The van der Waals surface area contributed by atoms with Crippen LogP contribution in [0.2, 0.25) is 13.1 Å². The van der Waals surface area contributed by atoms with Gasteiger partial charge in [0.2, 0.25) is 0 Å². The molecule has 0 spiro atoms. The predicted molar refractivity (Wildman–Crippen MR) is 57.9 cm³/mol. The van der Waals surface area contributed by atoms with Gasteiger partial charge in [0.15, 0.2) is 0 Å². The lowest BCUT2D eigenvalue weighted by Gasteiger charge is -2.27. The van der Waals surface area contributed by atoms with Crippen molar-refractivity contribution in [1.29, 1.82) is 0 Å². The van der Waals surface area contributed by atoms with Crippen molar-refractivity contribution in [3.63, 3.8) is 0 Å². The molecule has 0 N–H and O–H groups in total. The lowest BCUT2D eigenvalue weighted by molar-refractivity contribution is 0.387. The van der Waals surface area contributed by atoms with E-state index in [4.69, 9.17) is 4.74 Å². The Bertz CT molecular complexity index is 301. The minimum atomic E-state index is -1.39. The molecule has 0 bridgehead atoms. The fraction of sp³-hybridized carbons (Fsp3) is 0.455. The zero-order valence-electron chi connectivity index (χ0n) is 8.50. The monoisotopic (exact) mass is 192 g/mol. The van der Waals surface area contributed by atoms with Crippen molar-refractivity contribution in [2.75, 3.05) is 6.61 Å². The highest BCUT2D eigenvalue weighted by Gasteiger charge is 2.54. The predicted octanol–water partition coefficient (Wildman–Crippen LogP) is 1.93. The minimum absolute atomic E-state index is 0.189. The molecule has 1 fully saturated rings. The Morgan fingerprint density at radius 2 is 1.77 bits per heavy atom. The zero-order chi connectivity index (χ0) is 9.53. The molecule has 13 heavy (non-hydrogen) atoms. The van der Waals surface area contributed by atoms with E-state index in [-0.39, 0.29) is 5.22 Å². The van der Waals surface area contributed by atoms with E-state index < -0.39 is 8.07 Å². The molecule has 2 rings (SSSR count). The molecule has 70 valence electrons. The maximum absolute atomic E-state index is 5.58. The van der Waals surface area contributed by atoms with Crippen molar-refractivity contribution in [1.82, 2.24) is 0 Å². The first-order valence-corrected chi connectivity index (χ1v) is 7.76. The van der Waals surface area contributed by atoms with Gasteiger partial charge in [-0.1, -0.05) is 48.6 Å². The molecule has 1 aliphatic heterocycles. The van der Waals surface area contributed by atoms with Gasteiger partial charge in [-0.15, -0.1) is 0 Å². The van der Waals surface area contributed by atoms with Crippen molar-refractivity contribution in [2.45, 2.75) is 25.2 Å². The molecule has 1 aromatic rings. The molecule has 1 aliphatic rings. The van der Waals surface area contributed by atoms with Crippen LogP contribution in [0, 0.1) is 0 Å². The molecule has 0 amide bonds. The highest BCUT2D eigenvalue weighted by Crippen LogP contribution is 2.35. The van der Waals surface area contributed by atoms with Crippen molar-refractivity contribution < 1.29 is 4.74 Å². The van der Waals surface area contributed by atoms with Gasteiger partial charge in [0.1, 0.15) is 8.07 Å². The van der Waals surface area contributed by atoms with E-state index in [1.807, 2.05) is 0 Å². The summed E-state index contributed by atoms with van der Waals surface area (Å²) in [6.07, 6.45) is 0. The van der Waals surface area contributed by atoms with E-state index in [0.717, 1.165) is 6.61 Å². The summed E-state index contributed by atoms with van der Waals surface area (Å²) >= 11 is 0. The van der Waals surface area contributed by atoms with Crippen molar-refractivity contribution >= 4 is 13.3 Å². The molecular weight excluding hydrogens is 176 g/mol. The summed E-state index contributed by atoms with van der Waals surface area (Å²) in [4.78, 5) is 0. The third-order valence-corrected chi connectivity index (χ3v) is 8.10. The van der Waals surface area contributed by atoms with Gasteiger partial charge in [-0.3, -0.25) is 0 Å². The van der Waals surface area contributed by atoms with E-state index >= 15 is 0 Å². The Labute approximate surface area is 80.7 Å². The first-order valence-electron chi connectivity index (χ1n) is 4.76. The number of hydrogen-bond donors (Lipinski definition) is 0. The first-order chi connectivity index (χ1) is 6.06. The highest BCUT2D eigenvalue weighted by molar-refractivity contribution is 6.92. The van der Waals surface area contributed by atoms with E-state index in [9.17, 15) is 0 Å². The Balaban J connectivity index is 2.35. The Kier molecular flexibility index (Phi) is 1.86. The largest absolute Gasteiger partial charge is 0.373 e. The van der Waals surface area contributed by atoms with E-state index in [1.54, 1.807) is 0 Å². The van der Waals surface area contributed by atoms with Crippen LogP contribution in [0.15, 0.2) is 30.3 Å². The normalized spacial score (nSPS) is 27.3. The fourth-order valence-corrected chi connectivity index (χ4v) is 4.06. The average Bonchev–Trinajstić information content (AvgIpc) is 2.87. The van der Waals surface area contributed by atoms with Gasteiger partial charge in [-0.05, 0) is 6.92 Å². The van der Waals surface area contributed by atoms with Gasteiger partial charge in [0.05, 0.1) is 11.8 Å². The summed E-state index contributed by atoms with van der Waals surface area (Å²) in [6, 6.07) is 10.8. The van der Waals surface area contributed by atoms with Crippen LogP contribution in [-0.2, 0) is 4.74 Å². The topological polar surface area (TPSA) is 12.5 Å². The van der Waals surface area contributed by atoms with Gasteiger partial charge in [0.25, 0.3) is 0 Å². The van der Waals surface area contributed by atoms with Crippen LogP contribution in [0.3, 0.4) is 0 Å². The van der Waals surface area contributed by atoms with Gasteiger partial charge in [0, 0.05) is 0 Å². The molecule has 0 radical (unpaired) electrons. The summed E-state index contributed by atoms with van der Waals surface area (Å²) in [7, 11) is -1.39. The van der Waals surface area contributed by atoms with Gasteiger partial charge in [-0.2, -0.15) is 0 Å². The lowest BCUT2D eigenvalue weighted by Crippen LogP contribution is -2.53. The number of epoxide rings is 1. The van der Waals surface area contributed by atoms with Crippen LogP contribution in [0.5, 0.6) is 0 Å². The smallest absolute Gasteiger partial charge is 0.120 e. The summed E-state index contributed by atoms with van der Waals surface area (Å²) in [5.74, 6) is 0. The maximum Gasteiger partial charge on any atom is 0.120 e. The van der Waals surface area contributed by atoms with Crippen LogP contribution in [0.25, 0.3) is 0 Å². The van der Waals surface area contributed by atoms with Crippen molar-refractivity contribution in [3.8, 4) is 0 Å². The average molecular weight is 192 g/mol. The Morgan fingerprint density at radius 1 is 1.23 bits per heavy atom. The molecule has 0 saturated carbocycles. The fourth-order valence-electron chi connectivity index (χ4n) is 1.63. The molecule has 1 saturated heterocycles. The molecule has 0 aromatic heterocycles. The number of hydrogen-bond acceptors (Lipinski definition) is 1. The Morgan fingerprint density at radius 3 is 2.23 bits per heavy atom. The number of ether oxygens (including phenoxy) is 1. The van der Waals surface area contributed by atoms with Crippen LogP contribution in [0.4, 0.5) is 0 Å². The highest BCUT2D eigenvalue weighted by atomic mass is 28.3. The summed E-state index contributed by atoms with van der Waals surface area (Å²) in [6.45, 7) is 7.96. The second-order valence-corrected chi connectivity index (χ2v) is 9.40. The lowest BCUT2D eigenvalue weighted by atomic mass is 10.4. The van der Waals surface area contributed by atoms with Gasteiger partial charge < -0.3 is 4.74 Å². The molecular formula is C11H16OSi. The van der Waals surface area contributed by atoms with E-state index in [1.165, 1.54) is 5.19 Å². The molecule has 2 heteroatoms. The van der Waals surface area contributed by atoms with E-state index in [2.05, 4.69) is 50.3 Å². The molecule has 0 unspecified atom stereocenters. The zero-order valence-corrected chi connectivity index (χ0v) is 9.50. The quantitative estimate of drug-likeness (QED) is 0.515. The molecule has 0 aliphatic carbocycles. The van der Waals surface area contributed by atoms with Gasteiger partial charge >= 0.3 is 0 Å². The minimum Gasteiger partial charge on any atom is -0.373 e. The van der Waals surface area contributed by atoms with Crippen LogP contribution in [0.1, 0.15) is 6.92 Å². The summed E-state index contributed by atoms with van der Waals surface area (Å²) in [5, 5.41) is 1.68. The van der Waals surface area contributed by atoms with Gasteiger partial charge in [-0.25, -0.2) is 0 Å². The van der Waals surface area contributed by atoms with Crippen molar-refractivity contribution in [3.05, 3.63) is 30.3 Å². The maximum atomic E-state index is 5.58. The second-order valence-electron chi connectivity index (χ2n) is 4.51. The molecule has 1 heterocycles. The number of benzene rings is 1. The van der Waals surface area contributed by atoms with Crippen LogP contribution >= 0.6 is 0 Å². The number of rotatable bonds is 2. The summed E-state index contributed by atoms with van der Waals surface area (Å²) in [5.41, 5.74) is 0. The van der Waals surface area contributed by atoms with Crippen LogP contribution in [-0.4, -0.2) is 19.9 Å². The second kappa shape index (κ2) is 2.69. The van der Waals surface area contributed by atoms with Crippen LogP contribution < -0.4 is 5.19 Å². The standard InChI is InChI=1S/C11H16OSi/c1-11(9-12-11)13(2,3)10-7-5-4-6-8-10/h4-8H,9H2,1-3H3/t11-/m0/s1. The van der Waals surface area contributed by atoms with E-state index in [0.29, 0.717) is 0 Å².